The van der Waals surface area contributed by atoms with Crippen LogP contribution >= 0.6 is 11.6 Å². The minimum Gasteiger partial charge on any atom is -0.312 e. The monoisotopic (exact) mass is 296 g/mol. The van der Waals surface area contributed by atoms with Gasteiger partial charge >= 0.3 is 0 Å². The van der Waals surface area contributed by atoms with E-state index in [0.717, 1.165) is 24.5 Å². The van der Waals surface area contributed by atoms with Crippen molar-refractivity contribution in [3.8, 4) is 0 Å². The van der Waals surface area contributed by atoms with Gasteiger partial charge in [-0.25, -0.2) is 14.4 Å². The van der Waals surface area contributed by atoms with E-state index in [1.165, 1.54) is 6.07 Å². The number of rotatable bonds is 3. The summed E-state index contributed by atoms with van der Waals surface area (Å²) < 4.78 is 13.6. The summed E-state index contributed by atoms with van der Waals surface area (Å²) in [6.45, 7) is 0. The van der Waals surface area contributed by atoms with Crippen LogP contribution in [-0.2, 0) is 0 Å². The van der Waals surface area contributed by atoms with Gasteiger partial charge < -0.3 is 5.32 Å². The van der Waals surface area contributed by atoms with Crippen LogP contribution in [-0.4, -0.2) is 20.8 Å². The summed E-state index contributed by atoms with van der Waals surface area (Å²) in [5.41, 5.74) is -1.23. The van der Waals surface area contributed by atoms with Crippen molar-refractivity contribution < 1.29 is 14.1 Å². The van der Waals surface area contributed by atoms with E-state index in [1.54, 1.807) is 0 Å². The van der Waals surface area contributed by atoms with E-state index < -0.39 is 28.0 Å². The second-order valence-electron chi connectivity index (χ2n) is 3.57. The van der Waals surface area contributed by atoms with Gasteiger partial charge in [-0.1, -0.05) is 17.7 Å². The Morgan fingerprint density at radius 3 is 2.70 bits per heavy atom. The molecule has 1 N–H and O–H groups in total. The highest BCUT2D eigenvalue weighted by Gasteiger charge is 2.21. The predicted octanol–water partition coefficient (Wildman–Crippen LogP) is 2.43. The van der Waals surface area contributed by atoms with Crippen LogP contribution in [0.4, 0.5) is 15.8 Å². The van der Waals surface area contributed by atoms with Crippen molar-refractivity contribution in [2.24, 2.45) is 0 Å². The molecule has 2 aromatic rings. The first kappa shape index (κ1) is 13.8. The highest BCUT2D eigenvalue weighted by atomic mass is 35.5. The van der Waals surface area contributed by atoms with Crippen molar-refractivity contribution >= 4 is 28.9 Å². The molecule has 0 fully saturated rings. The quantitative estimate of drug-likeness (QED) is 0.693. The Kier molecular flexibility index (Phi) is 3.85. The molecule has 0 aliphatic carbocycles. The van der Waals surface area contributed by atoms with Gasteiger partial charge in [-0.2, -0.15) is 0 Å². The third-order valence-corrected chi connectivity index (χ3v) is 2.47. The van der Waals surface area contributed by atoms with Gasteiger partial charge in [-0.3, -0.25) is 14.9 Å². The number of hydrogen-bond acceptors (Lipinski definition) is 5. The molecule has 1 heterocycles. The lowest BCUT2D eigenvalue weighted by Crippen LogP contribution is -2.16. The summed E-state index contributed by atoms with van der Waals surface area (Å²) in [4.78, 5) is 29.1. The molecule has 7 nitrogen and oxygen atoms in total. The van der Waals surface area contributed by atoms with Gasteiger partial charge in [0.25, 0.3) is 11.6 Å². The van der Waals surface area contributed by atoms with Crippen molar-refractivity contribution in [2.45, 2.75) is 0 Å². The maximum atomic E-state index is 13.6. The number of para-hydroxylation sites is 1. The number of aromatic nitrogens is 2. The molecule has 2 rings (SSSR count). The Hall–Kier alpha value is -2.61. The maximum Gasteiger partial charge on any atom is 0.295 e. The predicted molar refractivity (Wildman–Crippen MR) is 68.0 cm³/mol. The number of nitro groups is 1. The molecule has 102 valence electrons. The third-order valence-electron chi connectivity index (χ3n) is 2.28. The topological polar surface area (TPSA) is 98.0 Å². The second-order valence-corrected chi connectivity index (χ2v) is 3.96. The number of carbonyl (C=O) groups excluding carboxylic acids is 1. The molecule has 0 spiro atoms. The van der Waals surface area contributed by atoms with E-state index in [4.69, 9.17) is 11.6 Å². The molecule has 9 heteroatoms. The molecule has 0 saturated heterocycles. The highest BCUT2D eigenvalue weighted by molar-refractivity contribution is 6.29. The number of halogens is 2. The minimum atomic E-state index is -0.922. The van der Waals surface area contributed by atoms with Gasteiger partial charge in [0, 0.05) is 6.07 Å². The van der Waals surface area contributed by atoms with Crippen molar-refractivity contribution in [1.82, 2.24) is 9.97 Å². The van der Waals surface area contributed by atoms with Crippen molar-refractivity contribution in [2.75, 3.05) is 5.32 Å². The number of anilines is 1. The molecule has 1 aromatic carbocycles. The summed E-state index contributed by atoms with van der Waals surface area (Å²) in [6, 6.07) is 3.24. The zero-order valence-electron chi connectivity index (χ0n) is 9.71. The molecule has 0 saturated carbocycles. The van der Waals surface area contributed by atoms with E-state index in [0.29, 0.717) is 0 Å². The van der Waals surface area contributed by atoms with Crippen LogP contribution in [0.5, 0.6) is 0 Å². The Balaban J connectivity index is 2.32. The molecule has 0 bridgehead atoms. The zero-order valence-corrected chi connectivity index (χ0v) is 10.5. The Labute approximate surface area is 116 Å². The normalized spacial score (nSPS) is 10.1. The molecule has 0 aliphatic heterocycles. The Morgan fingerprint density at radius 2 is 2.10 bits per heavy atom. The maximum absolute atomic E-state index is 13.6. The molecular weight excluding hydrogens is 291 g/mol. The van der Waals surface area contributed by atoms with Crippen molar-refractivity contribution in [1.29, 1.82) is 0 Å². The lowest BCUT2D eigenvalue weighted by molar-refractivity contribution is -0.384. The first-order chi connectivity index (χ1) is 9.49. The molecular formula is C11H6ClFN4O3. The number of amides is 1. The summed E-state index contributed by atoms with van der Waals surface area (Å²) in [7, 11) is 0. The van der Waals surface area contributed by atoms with Gasteiger partial charge in [-0.15, -0.1) is 0 Å². The van der Waals surface area contributed by atoms with Crippen LogP contribution < -0.4 is 5.32 Å². The minimum absolute atomic E-state index is 0.0819. The van der Waals surface area contributed by atoms with Gasteiger partial charge in [0.05, 0.1) is 17.3 Å². The average molecular weight is 297 g/mol. The first-order valence-corrected chi connectivity index (χ1v) is 5.58. The lowest BCUT2D eigenvalue weighted by atomic mass is 10.2. The summed E-state index contributed by atoms with van der Waals surface area (Å²) in [5, 5.41) is 13.0. The van der Waals surface area contributed by atoms with E-state index >= 15 is 0 Å². The third kappa shape index (κ3) is 2.86. The number of nitrogens with zero attached hydrogens (tertiary/aromatic N) is 3. The number of benzene rings is 1. The van der Waals surface area contributed by atoms with Crippen LogP contribution in [0, 0.1) is 15.9 Å². The largest absolute Gasteiger partial charge is 0.312 e. The summed E-state index contributed by atoms with van der Waals surface area (Å²) >= 11 is 5.51. The van der Waals surface area contributed by atoms with Crippen LogP contribution in [0.15, 0.2) is 30.6 Å². The molecule has 0 aliphatic rings. The molecule has 20 heavy (non-hydrogen) atoms. The van der Waals surface area contributed by atoms with E-state index in [2.05, 4.69) is 15.3 Å². The Bertz CT molecular complexity index is 678. The number of hydrogen-bond donors (Lipinski definition) is 1. The van der Waals surface area contributed by atoms with Crippen LogP contribution in [0.25, 0.3) is 0 Å². The smallest absolute Gasteiger partial charge is 0.295 e. The van der Waals surface area contributed by atoms with Gasteiger partial charge in [-0.05, 0) is 6.07 Å². The van der Waals surface area contributed by atoms with E-state index in [9.17, 15) is 19.3 Å². The standard InChI is InChI=1S/C11H6ClFN4O3/c12-9-5-14-7(4-15-9)11(18)16-10-6(13)2-1-3-8(10)17(19)20/h1-5H,(H,16,18). The number of nitrogens with one attached hydrogen (secondary N) is 1. The van der Waals surface area contributed by atoms with Crippen molar-refractivity contribution in [3.63, 3.8) is 0 Å². The molecule has 0 radical (unpaired) electrons. The zero-order chi connectivity index (χ0) is 14.7. The molecule has 1 amide bonds. The summed E-state index contributed by atoms with van der Waals surface area (Å²) in [5.74, 6) is -1.75. The van der Waals surface area contributed by atoms with Crippen molar-refractivity contribution in [3.05, 3.63) is 57.4 Å². The SMILES string of the molecule is O=C(Nc1c(F)cccc1[N+](=O)[O-])c1cnc(Cl)cn1. The van der Waals surface area contributed by atoms with Crippen LogP contribution in [0.2, 0.25) is 5.15 Å². The molecule has 0 atom stereocenters. The van der Waals surface area contributed by atoms with E-state index in [-0.39, 0.29) is 10.8 Å². The fraction of sp³-hybridized carbons (Fsp3) is 0. The number of nitro benzene ring substituents is 1. The fourth-order valence-electron chi connectivity index (χ4n) is 1.40. The van der Waals surface area contributed by atoms with Crippen LogP contribution in [0.3, 0.4) is 0 Å². The van der Waals surface area contributed by atoms with Gasteiger partial charge in [0.15, 0.2) is 11.5 Å². The second kappa shape index (κ2) is 5.57. The van der Waals surface area contributed by atoms with Gasteiger partial charge in [0.1, 0.15) is 10.8 Å². The van der Waals surface area contributed by atoms with E-state index in [1.807, 2.05) is 0 Å². The fourth-order valence-corrected chi connectivity index (χ4v) is 1.49. The first-order valence-electron chi connectivity index (χ1n) is 5.21. The number of carbonyl (C=O) groups is 1. The molecule has 1 aromatic heterocycles. The van der Waals surface area contributed by atoms with Crippen LogP contribution in [0.1, 0.15) is 10.5 Å². The van der Waals surface area contributed by atoms with Gasteiger partial charge in [0.2, 0.25) is 0 Å². The Morgan fingerprint density at radius 1 is 1.35 bits per heavy atom. The average Bonchev–Trinajstić information content (AvgIpc) is 2.41. The molecule has 0 unspecified atom stereocenters. The lowest BCUT2D eigenvalue weighted by Gasteiger charge is -2.06. The highest BCUT2D eigenvalue weighted by Crippen LogP contribution is 2.27. The summed E-state index contributed by atoms with van der Waals surface area (Å²) in [6.07, 6.45) is 2.20.